The molecule has 1 atom stereocenters. The van der Waals surface area contributed by atoms with Gasteiger partial charge in [-0.25, -0.2) is 4.98 Å². The molecule has 2 aliphatic heterocycles. The number of amides is 1. The van der Waals surface area contributed by atoms with Crippen LogP contribution in [0.4, 0.5) is 5.95 Å². The number of hydrogen-bond donors (Lipinski definition) is 1. The van der Waals surface area contributed by atoms with Crippen LogP contribution >= 0.6 is 0 Å². The Hall–Kier alpha value is -2.70. The van der Waals surface area contributed by atoms with Crippen LogP contribution < -0.4 is 10.5 Å². The lowest BCUT2D eigenvalue weighted by Crippen LogP contribution is -2.35. The summed E-state index contributed by atoms with van der Waals surface area (Å²) in [5, 5.41) is 0. The molecule has 7 nitrogen and oxygen atoms in total. The molecule has 0 bridgehead atoms. The van der Waals surface area contributed by atoms with Crippen molar-refractivity contribution in [1.29, 1.82) is 0 Å². The van der Waals surface area contributed by atoms with E-state index >= 15 is 0 Å². The second kappa shape index (κ2) is 7.50. The molecule has 2 fully saturated rings. The number of likely N-dealkylation sites (tertiary alicyclic amines) is 1. The molecule has 27 heavy (non-hydrogen) atoms. The van der Waals surface area contributed by atoms with Gasteiger partial charge in [-0.15, -0.1) is 0 Å². The fourth-order valence-corrected chi connectivity index (χ4v) is 3.85. The minimum atomic E-state index is -0.149. The van der Waals surface area contributed by atoms with Crippen molar-refractivity contribution in [3.8, 4) is 0 Å². The van der Waals surface area contributed by atoms with Crippen molar-refractivity contribution in [2.75, 3.05) is 24.5 Å². The zero-order valence-corrected chi connectivity index (χ0v) is 15.6. The maximum atomic E-state index is 12.4. The van der Waals surface area contributed by atoms with Gasteiger partial charge in [-0.3, -0.25) is 19.6 Å². The molecule has 2 aliphatic rings. The van der Waals surface area contributed by atoms with Crippen molar-refractivity contribution in [1.82, 2.24) is 19.9 Å². The molecule has 4 rings (SSSR count). The zero-order chi connectivity index (χ0) is 18.8. The van der Waals surface area contributed by atoms with Gasteiger partial charge in [0.25, 0.3) is 5.56 Å². The van der Waals surface area contributed by atoms with E-state index in [1.807, 2.05) is 18.2 Å². The predicted octanol–water partition coefficient (Wildman–Crippen LogP) is 1.92. The molecule has 1 amide bonds. The number of carbonyl (C=O) groups is 1. The maximum absolute atomic E-state index is 12.4. The summed E-state index contributed by atoms with van der Waals surface area (Å²) in [6.45, 7) is 5.13. The summed E-state index contributed by atoms with van der Waals surface area (Å²) in [4.78, 5) is 40.5. The average Bonchev–Trinajstić information content (AvgIpc) is 3.03. The molecule has 4 heterocycles. The number of hydrogen-bond acceptors (Lipinski definition) is 5. The first kappa shape index (κ1) is 17.7. The highest BCUT2D eigenvalue weighted by Gasteiger charge is 2.32. The van der Waals surface area contributed by atoms with Gasteiger partial charge in [-0.1, -0.05) is 13.0 Å². The van der Waals surface area contributed by atoms with Crippen LogP contribution in [0.15, 0.2) is 35.3 Å². The Morgan fingerprint density at radius 2 is 2.04 bits per heavy atom. The Labute approximate surface area is 158 Å². The highest BCUT2D eigenvalue weighted by molar-refractivity contribution is 5.79. The van der Waals surface area contributed by atoms with Crippen LogP contribution in [0.5, 0.6) is 0 Å². The van der Waals surface area contributed by atoms with Crippen molar-refractivity contribution >= 4 is 11.9 Å². The van der Waals surface area contributed by atoms with Gasteiger partial charge in [0.05, 0.1) is 17.9 Å². The van der Waals surface area contributed by atoms with Gasteiger partial charge in [0.15, 0.2) is 0 Å². The molecule has 0 saturated carbocycles. The van der Waals surface area contributed by atoms with Crippen LogP contribution in [-0.4, -0.2) is 45.4 Å². The first-order chi connectivity index (χ1) is 13.1. The van der Waals surface area contributed by atoms with Crippen LogP contribution in [0, 0.1) is 5.92 Å². The Morgan fingerprint density at radius 3 is 2.78 bits per heavy atom. The Bertz CT molecular complexity index is 858. The number of rotatable bonds is 4. The quantitative estimate of drug-likeness (QED) is 0.893. The monoisotopic (exact) mass is 367 g/mol. The highest BCUT2D eigenvalue weighted by atomic mass is 16.2. The third kappa shape index (κ3) is 4.02. The third-order valence-corrected chi connectivity index (χ3v) is 5.54. The second-order valence-corrected chi connectivity index (χ2v) is 7.66. The van der Waals surface area contributed by atoms with E-state index in [1.54, 1.807) is 11.1 Å². The molecular weight excluding hydrogens is 342 g/mol. The number of H-pyrrole nitrogens is 1. The summed E-state index contributed by atoms with van der Waals surface area (Å²) >= 11 is 0. The number of aromatic nitrogens is 3. The topological polar surface area (TPSA) is 82.2 Å². The normalized spacial score (nSPS) is 21.1. The van der Waals surface area contributed by atoms with E-state index in [9.17, 15) is 9.59 Å². The Morgan fingerprint density at radius 1 is 1.22 bits per heavy atom. The number of carbonyl (C=O) groups excluding carboxylic acids is 1. The summed E-state index contributed by atoms with van der Waals surface area (Å²) in [7, 11) is 0. The fourth-order valence-electron chi connectivity index (χ4n) is 3.85. The molecule has 142 valence electrons. The number of aromatic amines is 1. The van der Waals surface area contributed by atoms with Crippen LogP contribution in [0.3, 0.4) is 0 Å². The highest BCUT2D eigenvalue weighted by Crippen LogP contribution is 2.28. The van der Waals surface area contributed by atoms with Gasteiger partial charge in [0.1, 0.15) is 0 Å². The van der Waals surface area contributed by atoms with E-state index in [2.05, 4.69) is 21.8 Å². The van der Waals surface area contributed by atoms with Gasteiger partial charge in [0.2, 0.25) is 11.9 Å². The lowest BCUT2D eigenvalue weighted by Gasteiger charge is -2.30. The first-order valence-corrected chi connectivity index (χ1v) is 9.62. The van der Waals surface area contributed by atoms with Crippen LogP contribution in [0.25, 0.3) is 0 Å². The second-order valence-electron chi connectivity index (χ2n) is 7.66. The summed E-state index contributed by atoms with van der Waals surface area (Å²) in [6.07, 6.45) is 4.33. The van der Waals surface area contributed by atoms with Gasteiger partial charge in [0, 0.05) is 44.2 Å². The Kier molecular flexibility index (Phi) is 4.92. The minimum absolute atomic E-state index is 0.0500. The van der Waals surface area contributed by atoms with E-state index in [-0.39, 0.29) is 17.4 Å². The lowest BCUT2D eigenvalue weighted by molar-refractivity contribution is -0.128. The first-order valence-electron chi connectivity index (χ1n) is 9.62. The van der Waals surface area contributed by atoms with Crippen molar-refractivity contribution in [2.24, 2.45) is 5.92 Å². The van der Waals surface area contributed by atoms with Gasteiger partial charge in [-0.05, 0) is 30.9 Å². The number of pyridine rings is 1. The fraction of sp³-hybridized carbons (Fsp3) is 0.500. The SMILES string of the molecule is CC1CCN(c2nc([C@@H]3CC(=O)N(Cc4ccccn4)C3)cc(=O)[nH]2)CC1. The van der Waals surface area contributed by atoms with Crippen LogP contribution in [-0.2, 0) is 11.3 Å². The summed E-state index contributed by atoms with van der Waals surface area (Å²) in [5.41, 5.74) is 1.43. The molecule has 0 radical (unpaired) electrons. The van der Waals surface area contributed by atoms with E-state index < -0.39 is 0 Å². The molecule has 0 aliphatic carbocycles. The van der Waals surface area contributed by atoms with E-state index in [0.717, 1.165) is 31.6 Å². The smallest absolute Gasteiger partial charge is 0.252 e. The molecule has 7 heteroatoms. The van der Waals surface area contributed by atoms with Crippen LogP contribution in [0.1, 0.15) is 43.5 Å². The maximum Gasteiger partial charge on any atom is 0.252 e. The molecule has 2 aromatic heterocycles. The molecular formula is C20H25N5O2. The van der Waals surface area contributed by atoms with E-state index in [4.69, 9.17) is 4.98 Å². The average molecular weight is 367 g/mol. The zero-order valence-electron chi connectivity index (χ0n) is 15.6. The van der Waals surface area contributed by atoms with Gasteiger partial charge in [-0.2, -0.15) is 0 Å². The molecule has 2 saturated heterocycles. The van der Waals surface area contributed by atoms with E-state index in [0.29, 0.717) is 37.1 Å². The minimum Gasteiger partial charge on any atom is -0.342 e. The van der Waals surface area contributed by atoms with Gasteiger partial charge >= 0.3 is 0 Å². The van der Waals surface area contributed by atoms with Crippen molar-refractivity contribution in [2.45, 2.75) is 38.6 Å². The standard InChI is InChI=1S/C20H25N5O2/c1-14-5-8-24(9-6-14)20-22-17(11-18(26)23-20)15-10-19(27)25(12-15)13-16-4-2-3-7-21-16/h2-4,7,11,14-15H,5-6,8-10,12-13H2,1H3,(H,22,23,26)/t15-/m1/s1. The van der Waals surface area contributed by atoms with Crippen molar-refractivity contribution in [3.05, 3.63) is 52.2 Å². The lowest BCUT2D eigenvalue weighted by atomic mass is 9.99. The number of nitrogens with zero attached hydrogens (tertiary/aromatic N) is 4. The van der Waals surface area contributed by atoms with E-state index in [1.165, 1.54) is 6.07 Å². The van der Waals surface area contributed by atoms with Gasteiger partial charge < -0.3 is 9.80 Å². The number of anilines is 1. The predicted molar refractivity (Wildman–Crippen MR) is 102 cm³/mol. The largest absolute Gasteiger partial charge is 0.342 e. The molecule has 2 aromatic rings. The summed E-state index contributed by atoms with van der Waals surface area (Å²) in [6, 6.07) is 7.24. The molecule has 0 spiro atoms. The molecule has 1 N–H and O–H groups in total. The number of piperidine rings is 1. The summed E-state index contributed by atoms with van der Waals surface area (Å²) < 4.78 is 0. The van der Waals surface area contributed by atoms with Crippen molar-refractivity contribution in [3.63, 3.8) is 0 Å². The third-order valence-electron chi connectivity index (χ3n) is 5.54. The van der Waals surface area contributed by atoms with Crippen molar-refractivity contribution < 1.29 is 4.79 Å². The Balaban J connectivity index is 1.50. The number of nitrogens with one attached hydrogen (secondary N) is 1. The van der Waals surface area contributed by atoms with Crippen LogP contribution in [0.2, 0.25) is 0 Å². The summed E-state index contributed by atoms with van der Waals surface area (Å²) in [5.74, 6) is 1.39. The molecule has 0 unspecified atom stereocenters. The molecule has 0 aromatic carbocycles.